The number of hydrogen-bond donors (Lipinski definition) is 0. The van der Waals surface area contributed by atoms with Crippen LogP contribution in [0.15, 0.2) is 48.7 Å². The molecule has 22 heavy (non-hydrogen) atoms. The predicted molar refractivity (Wildman–Crippen MR) is 79.6 cm³/mol. The highest BCUT2D eigenvalue weighted by Crippen LogP contribution is 2.30. The maximum atomic E-state index is 12.8. The van der Waals surface area contributed by atoms with Crippen LogP contribution in [0.5, 0.6) is 5.75 Å². The largest absolute Gasteiger partial charge is 0.494 e. The molecule has 1 aromatic carbocycles. The van der Waals surface area contributed by atoms with Crippen molar-refractivity contribution in [2.75, 3.05) is 6.61 Å². The van der Waals surface area contributed by atoms with E-state index < -0.39 is 11.9 Å². The van der Waals surface area contributed by atoms with E-state index in [0.717, 1.165) is 17.5 Å². The lowest BCUT2D eigenvalue weighted by Gasteiger charge is -2.09. The van der Waals surface area contributed by atoms with Crippen LogP contribution < -0.4 is 4.74 Å². The zero-order valence-corrected chi connectivity index (χ0v) is 12.1. The monoisotopic (exact) mass is 307 g/mol. The summed E-state index contributed by atoms with van der Waals surface area (Å²) >= 11 is 0. The molecule has 0 fully saturated rings. The van der Waals surface area contributed by atoms with Gasteiger partial charge in [0, 0.05) is 6.20 Å². The van der Waals surface area contributed by atoms with E-state index in [2.05, 4.69) is 4.98 Å². The molecule has 0 saturated carbocycles. The molecule has 0 N–H and O–H groups in total. The van der Waals surface area contributed by atoms with Crippen LogP contribution in [0.3, 0.4) is 0 Å². The third kappa shape index (κ3) is 4.35. The van der Waals surface area contributed by atoms with Crippen molar-refractivity contribution in [3.8, 4) is 5.75 Å². The maximum absolute atomic E-state index is 12.8. The molecule has 116 valence electrons. The van der Waals surface area contributed by atoms with E-state index in [1.54, 1.807) is 12.2 Å². The van der Waals surface area contributed by atoms with E-state index in [1.807, 2.05) is 31.2 Å². The molecule has 0 aliphatic rings. The molecule has 0 aliphatic carbocycles. The quantitative estimate of drug-likeness (QED) is 0.795. The van der Waals surface area contributed by atoms with Crippen LogP contribution in [-0.2, 0) is 12.6 Å². The standard InChI is InChI=1S/C17H16F3NO/c1-2-22-15-10-8-13(9-11-15)5-3-6-14-7-4-12-21-16(14)17(18,19)20/h3-5,7-12H,2,6H2,1H3. The van der Waals surface area contributed by atoms with Crippen LogP contribution in [0.2, 0.25) is 0 Å². The molecule has 0 spiro atoms. The Hall–Kier alpha value is -2.30. The number of ether oxygens (including phenoxy) is 1. The predicted octanol–water partition coefficient (Wildman–Crippen LogP) is 4.76. The number of pyridine rings is 1. The van der Waals surface area contributed by atoms with E-state index in [1.165, 1.54) is 12.1 Å². The summed E-state index contributed by atoms with van der Waals surface area (Å²) in [4.78, 5) is 3.43. The van der Waals surface area contributed by atoms with Crippen molar-refractivity contribution in [1.29, 1.82) is 0 Å². The third-order valence-corrected chi connectivity index (χ3v) is 3.00. The van der Waals surface area contributed by atoms with Gasteiger partial charge in [0.2, 0.25) is 0 Å². The van der Waals surface area contributed by atoms with Gasteiger partial charge in [0.1, 0.15) is 11.4 Å². The summed E-state index contributed by atoms with van der Waals surface area (Å²) in [6.45, 7) is 2.50. The van der Waals surface area contributed by atoms with Crippen LogP contribution in [-0.4, -0.2) is 11.6 Å². The van der Waals surface area contributed by atoms with Gasteiger partial charge in [0.25, 0.3) is 0 Å². The molecule has 0 radical (unpaired) electrons. The van der Waals surface area contributed by atoms with E-state index in [0.29, 0.717) is 6.61 Å². The maximum Gasteiger partial charge on any atom is 0.433 e. The molecule has 0 unspecified atom stereocenters. The second-order valence-corrected chi connectivity index (χ2v) is 4.62. The number of hydrogen-bond acceptors (Lipinski definition) is 2. The lowest BCUT2D eigenvalue weighted by atomic mass is 10.1. The number of benzene rings is 1. The van der Waals surface area contributed by atoms with Crippen LogP contribution in [0, 0.1) is 0 Å². The molecular formula is C17H16F3NO. The minimum Gasteiger partial charge on any atom is -0.494 e. The average molecular weight is 307 g/mol. The Bertz CT molecular complexity index is 633. The smallest absolute Gasteiger partial charge is 0.433 e. The Morgan fingerprint density at radius 2 is 1.86 bits per heavy atom. The van der Waals surface area contributed by atoms with E-state index in [4.69, 9.17) is 4.74 Å². The van der Waals surface area contributed by atoms with Crippen molar-refractivity contribution in [3.05, 3.63) is 65.5 Å². The van der Waals surface area contributed by atoms with Gasteiger partial charge in [0.15, 0.2) is 0 Å². The highest BCUT2D eigenvalue weighted by Gasteiger charge is 2.34. The molecule has 2 nitrogen and oxygen atoms in total. The molecule has 1 heterocycles. The van der Waals surface area contributed by atoms with Crippen molar-refractivity contribution in [3.63, 3.8) is 0 Å². The second kappa shape index (κ2) is 7.11. The Morgan fingerprint density at radius 3 is 2.50 bits per heavy atom. The van der Waals surface area contributed by atoms with E-state index in [-0.39, 0.29) is 12.0 Å². The number of halogens is 3. The fourth-order valence-electron chi connectivity index (χ4n) is 2.02. The number of allylic oxidation sites excluding steroid dienone is 1. The van der Waals surface area contributed by atoms with Crippen LogP contribution >= 0.6 is 0 Å². The molecule has 2 aromatic rings. The molecule has 2 rings (SSSR count). The van der Waals surface area contributed by atoms with E-state index >= 15 is 0 Å². The third-order valence-electron chi connectivity index (χ3n) is 3.00. The summed E-state index contributed by atoms with van der Waals surface area (Å²) in [6.07, 6.45) is 0.382. The number of alkyl halides is 3. The van der Waals surface area contributed by atoms with Gasteiger partial charge in [-0.15, -0.1) is 0 Å². The highest BCUT2D eigenvalue weighted by molar-refractivity contribution is 5.51. The average Bonchev–Trinajstić information content (AvgIpc) is 2.49. The first kappa shape index (κ1) is 16.1. The van der Waals surface area contributed by atoms with Crippen LogP contribution in [0.1, 0.15) is 23.7 Å². The number of nitrogens with zero attached hydrogens (tertiary/aromatic N) is 1. The molecular weight excluding hydrogens is 291 g/mol. The van der Waals surface area contributed by atoms with Crippen molar-refractivity contribution < 1.29 is 17.9 Å². The molecule has 5 heteroatoms. The molecule has 0 amide bonds. The molecule has 0 bridgehead atoms. The van der Waals surface area contributed by atoms with Crippen molar-refractivity contribution in [2.24, 2.45) is 0 Å². The Morgan fingerprint density at radius 1 is 1.14 bits per heavy atom. The zero-order chi connectivity index (χ0) is 16.0. The highest BCUT2D eigenvalue weighted by atomic mass is 19.4. The fourth-order valence-corrected chi connectivity index (χ4v) is 2.02. The summed E-state index contributed by atoms with van der Waals surface area (Å²) in [7, 11) is 0. The Balaban J connectivity index is 2.07. The lowest BCUT2D eigenvalue weighted by molar-refractivity contribution is -0.141. The second-order valence-electron chi connectivity index (χ2n) is 4.62. The summed E-state index contributed by atoms with van der Waals surface area (Å²) in [5, 5.41) is 0. The lowest BCUT2D eigenvalue weighted by Crippen LogP contribution is -2.11. The first-order valence-electron chi connectivity index (χ1n) is 6.91. The van der Waals surface area contributed by atoms with Gasteiger partial charge in [-0.25, -0.2) is 0 Å². The SMILES string of the molecule is CCOc1ccc(C=CCc2cccnc2C(F)(F)F)cc1. The summed E-state index contributed by atoms with van der Waals surface area (Å²) in [5.41, 5.74) is 0.240. The van der Waals surface area contributed by atoms with Gasteiger partial charge < -0.3 is 4.74 Å². The minimum absolute atomic E-state index is 0.164. The summed E-state index contributed by atoms with van der Waals surface area (Å²) in [6, 6.07) is 10.3. The van der Waals surface area contributed by atoms with Crippen molar-refractivity contribution >= 4 is 6.08 Å². The Kier molecular flexibility index (Phi) is 5.20. The molecule has 0 saturated heterocycles. The van der Waals surface area contributed by atoms with Gasteiger partial charge in [-0.3, -0.25) is 4.98 Å². The first-order chi connectivity index (χ1) is 10.5. The number of rotatable bonds is 5. The summed E-state index contributed by atoms with van der Waals surface area (Å²) < 4.78 is 43.8. The number of aromatic nitrogens is 1. The van der Waals surface area contributed by atoms with Gasteiger partial charge in [-0.05, 0) is 42.7 Å². The van der Waals surface area contributed by atoms with E-state index in [9.17, 15) is 13.2 Å². The fraction of sp³-hybridized carbons (Fsp3) is 0.235. The van der Waals surface area contributed by atoms with Crippen molar-refractivity contribution in [1.82, 2.24) is 4.98 Å². The Labute approximate surface area is 127 Å². The topological polar surface area (TPSA) is 22.1 Å². The molecule has 0 aliphatic heterocycles. The van der Waals surface area contributed by atoms with Gasteiger partial charge >= 0.3 is 6.18 Å². The summed E-state index contributed by atoms with van der Waals surface area (Å²) in [5.74, 6) is 0.770. The molecule has 1 aromatic heterocycles. The van der Waals surface area contributed by atoms with Gasteiger partial charge in [0.05, 0.1) is 6.61 Å². The van der Waals surface area contributed by atoms with Crippen LogP contribution in [0.4, 0.5) is 13.2 Å². The van der Waals surface area contributed by atoms with Gasteiger partial charge in [-0.2, -0.15) is 13.2 Å². The normalized spacial score (nSPS) is 11.8. The minimum atomic E-state index is -4.43. The van der Waals surface area contributed by atoms with Crippen LogP contribution in [0.25, 0.3) is 6.08 Å². The molecule has 0 atom stereocenters. The zero-order valence-electron chi connectivity index (χ0n) is 12.1. The first-order valence-corrected chi connectivity index (χ1v) is 6.91. The van der Waals surface area contributed by atoms with Gasteiger partial charge in [-0.1, -0.05) is 30.4 Å². The van der Waals surface area contributed by atoms with Crippen molar-refractivity contribution in [2.45, 2.75) is 19.5 Å².